The van der Waals surface area contributed by atoms with Crippen LogP contribution in [-0.2, 0) is 4.43 Å². The SMILES string of the molecule is CC(C)(C)[Si](O[C@@H]1CC[C@H](N=[N+]=[N-])[C@H](N=[N+]=[N-])C1)(c1ccccc1)c1ccccc1. The van der Waals surface area contributed by atoms with Crippen molar-refractivity contribution in [1.82, 2.24) is 0 Å². The number of nitrogens with zero attached hydrogens (tertiary/aromatic N) is 6. The molecular formula is C22H28N6OSi. The molecule has 0 aromatic heterocycles. The van der Waals surface area contributed by atoms with Gasteiger partial charge in [0.25, 0.3) is 8.32 Å². The molecule has 0 amide bonds. The van der Waals surface area contributed by atoms with Crippen molar-refractivity contribution >= 4 is 18.7 Å². The Hall–Kier alpha value is -2.76. The van der Waals surface area contributed by atoms with Gasteiger partial charge >= 0.3 is 0 Å². The maximum absolute atomic E-state index is 9.00. The Morgan fingerprint density at radius 2 is 1.33 bits per heavy atom. The topological polar surface area (TPSA) is 107 Å². The molecule has 30 heavy (non-hydrogen) atoms. The van der Waals surface area contributed by atoms with Crippen LogP contribution in [0.15, 0.2) is 70.9 Å². The summed E-state index contributed by atoms with van der Waals surface area (Å²) in [6.45, 7) is 6.74. The van der Waals surface area contributed by atoms with Gasteiger partial charge in [-0.2, -0.15) is 0 Å². The lowest BCUT2D eigenvalue weighted by Gasteiger charge is -2.46. The summed E-state index contributed by atoms with van der Waals surface area (Å²) >= 11 is 0. The van der Waals surface area contributed by atoms with Crippen molar-refractivity contribution < 1.29 is 4.43 Å². The largest absolute Gasteiger partial charge is 0.404 e. The Bertz CT molecular complexity index is 894. The molecule has 8 heteroatoms. The van der Waals surface area contributed by atoms with Crippen molar-refractivity contribution in [3.8, 4) is 0 Å². The van der Waals surface area contributed by atoms with Crippen molar-refractivity contribution in [3.63, 3.8) is 0 Å². The van der Waals surface area contributed by atoms with Crippen LogP contribution in [0, 0.1) is 0 Å². The summed E-state index contributed by atoms with van der Waals surface area (Å²) in [7, 11) is -2.67. The van der Waals surface area contributed by atoms with E-state index in [2.05, 4.69) is 89.4 Å². The molecule has 0 spiro atoms. The fraction of sp³-hybridized carbons (Fsp3) is 0.455. The molecule has 0 saturated heterocycles. The predicted octanol–water partition coefficient (Wildman–Crippen LogP) is 5.47. The van der Waals surface area contributed by atoms with Crippen molar-refractivity contribution in [2.75, 3.05) is 0 Å². The van der Waals surface area contributed by atoms with Gasteiger partial charge in [-0.05, 0) is 45.7 Å². The van der Waals surface area contributed by atoms with Crippen LogP contribution in [0.1, 0.15) is 40.0 Å². The summed E-state index contributed by atoms with van der Waals surface area (Å²) < 4.78 is 7.14. The maximum Gasteiger partial charge on any atom is 0.261 e. The minimum atomic E-state index is -2.67. The fourth-order valence-electron chi connectivity index (χ4n) is 4.53. The number of benzene rings is 2. The summed E-state index contributed by atoms with van der Waals surface area (Å²) in [4.78, 5) is 5.92. The molecule has 1 fully saturated rings. The van der Waals surface area contributed by atoms with E-state index in [1.165, 1.54) is 10.4 Å². The highest BCUT2D eigenvalue weighted by Gasteiger charge is 2.52. The van der Waals surface area contributed by atoms with E-state index >= 15 is 0 Å². The quantitative estimate of drug-likeness (QED) is 0.262. The van der Waals surface area contributed by atoms with E-state index < -0.39 is 8.32 Å². The first-order chi connectivity index (χ1) is 14.4. The second-order valence-corrected chi connectivity index (χ2v) is 13.0. The lowest BCUT2D eigenvalue weighted by molar-refractivity contribution is 0.125. The van der Waals surface area contributed by atoms with Crippen molar-refractivity contribution in [2.24, 2.45) is 10.2 Å². The summed E-state index contributed by atoms with van der Waals surface area (Å²) in [6.07, 6.45) is 1.90. The Morgan fingerprint density at radius 1 is 0.833 bits per heavy atom. The van der Waals surface area contributed by atoms with Gasteiger partial charge < -0.3 is 4.43 Å². The van der Waals surface area contributed by atoms with Crippen LogP contribution in [0.5, 0.6) is 0 Å². The molecule has 0 radical (unpaired) electrons. The molecule has 3 rings (SSSR count). The monoisotopic (exact) mass is 420 g/mol. The number of hydrogen-bond donors (Lipinski definition) is 0. The molecule has 7 nitrogen and oxygen atoms in total. The second kappa shape index (κ2) is 9.37. The van der Waals surface area contributed by atoms with E-state index in [4.69, 9.17) is 15.5 Å². The van der Waals surface area contributed by atoms with Gasteiger partial charge in [0.05, 0.1) is 0 Å². The lowest BCUT2D eigenvalue weighted by Crippen LogP contribution is -2.68. The Kier molecular flexibility index (Phi) is 6.85. The molecule has 2 aromatic carbocycles. The van der Waals surface area contributed by atoms with Crippen molar-refractivity contribution in [2.45, 2.75) is 63.3 Å². The molecule has 0 aliphatic heterocycles. The highest BCUT2D eigenvalue weighted by atomic mass is 28.4. The Morgan fingerprint density at radius 3 is 1.80 bits per heavy atom. The van der Waals surface area contributed by atoms with Crippen LogP contribution >= 0.6 is 0 Å². The highest BCUT2D eigenvalue weighted by Crippen LogP contribution is 2.39. The standard InChI is InChI=1S/C22H28N6OSi/c1-22(2,3)30(18-10-6-4-7-11-18,19-12-8-5-9-13-19)29-17-14-15-20(25-27-23)21(16-17)26-28-24/h4-13,17,20-21H,14-16H2,1-3H3/t17-,20+,21-/m1/s1. The minimum absolute atomic E-state index is 0.0723. The third-order valence-electron chi connectivity index (χ3n) is 5.89. The van der Waals surface area contributed by atoms with Gasteiger partial charge in [-0.25, -0.2) is 0 Å². The van der Waals surface area contributed by atoms with Crippen LogP contribution in [0.25, 0.3) is 20.9 Å². The van der Waals surface area contributed by atoms with Gasteiger partial charge in [0.15, 0.2) is 0 Å². The fourth-order valence-corrected chi connectivity index (χ4v) is 9.26. The van der Waals surface area contributed by atoms with Crippen LogP contribution < -0.4 is 10.4 Å². The molecule has 0 unspecified atom stereocenters. The van der Waals surface area contributed by atoms with Crippen molar-refractivity contribution in [3.05, 3.63) is 81.5 Å². The summed E-state index contributed by atoms with van der Waals surface area (Å²) in [5.41, 5.74) is 17.9. The smallest absolute Gasteiger partial charge is 0.261 e. The summed E-state index contributed by atoms with van der Waals surface area (Å²) in [5.74, 6) is 0. The zero-order chi connectivity index (χ0) is 21.6. The van der Waals surface area contributed by atoms with Gasteiger partial charge in [0.1, 0.15) is 0 Å². The third kappa shape index (κ3) is 4.37. The molecule has 1 aliphatic carbocycles. The second-order valence-electron chi connectivity index (χ2n) is 8.76. The number of hydrogen-bond acceptors (Lipinski definition) is 3. The van der Waals surface area contributed by atoms with E-state index in [-0.39, 0.29) is 23.2 Å². The molecule has 3 atom stereocenters. The predicted molar refractivity (Wildman–Crippen MR) is 122 cm³/mol. The van der Waals surface area contributed by atoms with Gasteiger partial charge in [-0.3, -0.25) is 0 Å². The number of rotatable bonds is 6. The zero-order valence-corrected chi connectivity index (χ0v) is 18.7. The normalized spacial score (nSPS) is 21.9. The minimum Gasteiger partial charge on any atom is -0.404 e. The average Bonchev–Trinajstić information content (AvgIpc) is 2.74. The number of azide groups is 2. The molecule has 1 aliphatic rings. The van der Waals surface area contributed by atoms with Gasteiger partial charge in [0, 0.05) is 28.0 Å². The summed E-state index contributed by atoms with van der Waals surface area (Å²) in [5, 5.41) is 10.1. The van der Waals surface area contributed by atoms with Crippen LogP contribution in [0.3, 0.4) is 0 Å². The van der Waals surface area contributed by atoms with E-state index in [0.717, 1.165) is 6.42 Å². The molecule has 0 bridgehead atoms. The molecule has 2 aromatic rings. The molecular weight excluding hydrogens is 392 g/mol. The van der Waals surface area contributed by atoms with Gasteiger partial charge in [-0.1, -0.05) is 91.7 Å². The van der Waals surface area contributed by atoms with E-state index in [1.807, 2.05) is 12.1 Å². The molecule has 1 saturated carbocycles. The van der Waals surface area contributed by atoms with Gasteiger partial charge in [-0.15, -0.1) is 0 Å². The Labute approximate surface area is 178 Å². The van der Waals surface area contributed by atoms with Crippen LogP contribution in [0.2, 0.25) is 5.04 Å². The van der Waals surface area contributed by atoms with E-state index in [9.17, 15) is 0 Å². The Balaban J connectivity index is 2.06. The van der Waals surface area contributed by atoms with Crippen LogP contribution in [0.4, 0.5) is 0 Å². The van der Waals surface area contributed by atoms with Crippen molar-refractivity contribution in [1.29, 1.82) is 0 Å². The van der Waals surface area contributed by atoms with E-state index in [0.29, 0.717) is 12.8 Å². The highest BCUT2D eigenvalue weighted by molar-refractivity contribution is 6.99. The first-order valence-corrected chi connectivity index (χ1v) is 12.2. The molecule has 0 heterocycles. The maximum atomic E-state index is 9.00. The lowest BCUT2D eigenvalue weighted by atomic mass is 9.89. The van der Waals surface area contributed by atoms with E-state index in [1.54, 1.807) is 0 Å². The average molecular weight is 421 g/mol. The first kappa shape index (κ1) is 21.9. The van der Waals surface area contributed by atoms with Crippen LogP contribution in [-0.4, -0.2) is 26.5 Å². The first-order valence-electron chi connectivity index (χ1n) is 10.3. The van der Waals surface area contributed by atoms with Gasteiger partial charge in [0.2, 0.25) is 0 Å². The molecule has 156 valence electrons. The summed E-state index contributed by atoms with van der Waals surface area (Å²) in [6, 6.07) is 20.3. The zero-order valence-electron chi connectivity index (χ0n) is 17.7. The third-order valence-corrected chi connectivity index (χ3v) is 11.0. The molecule has 0 N–H and O–H groups in total.